The molecule has 0 radical (unpaired) electrons. The Morgan fingerprint density at radius 3 is 2.59 bits per heavy atom. The molecule has 0 aliphatic carbocycles. The molecule has 0 atom stereocenters. The van der Waals surface area contributed by atoms with Crippen molar-refractivity contribution in [2.24, 2.45) is 0 Å². The van der Waals surface area contributed by atoms with Gasteiger partial charge in [-0.15, -0.1) is 0 Å². The largest absolute Gasteiger partial charge is 0.495 e. The van der Waals surface area contributed by atoms with Crippen molar-refractivity contribution in [3.05, 3.63) is 71.5 Å². The van der Waals surface area contributed by atoms with Gasteiger partial charge >= 0.3 is 0 Å². The highest BCUT2D eigenvalue weighted by Gasteiger charge is 2.13. The fourth-order valence-electron chi connectivity index (χ4n) is 2.93. The van der Waals surface area contributed by atoms with Gasteiger partial charge in [-0.1, -0.05) is 17.7 Å². The van der Waals surface area contributed by atoms with E-state index in [0.29, 0.717) is 28.2 Å². The Morgan fingerprint density at radius 2 is 1.90 bits per heavy atom. The zero-order valence-electron chi connectivity index (χ0n) is 15.9. The number of rotatable bonds is 5. The molecule has 4 aromatic rings. The predicted molar refractivity (Wildman–Crippen MR) is 115 cm³/mol. The number of hydrogen-bond acceptors (Lipinski definition) is 6. The first-order valence-electron chi connectivity index (χ1n) is 8.90. The van der Waals surface area contributed by atoms with Crippen molar-refractivity contribution < 1.29 is 4.74 Å². The zero-order chi connectivity index (χ0) is 20.4. The molecule has 0 fully saturated rings. The van der Waals surface area contributed by atoms with Crippen molar-refractivity contribution in [1.29, 1.82) is 0 Å². The Bertz CT molecular complexity index is 1140. The SMILES string of the molecule is COc1cc(-c2nc(Nc3ccc(-n4cccn4)cc3)nc(N)c2C)ccc1Cl. The van der Waals surface area contributed by atoms with Crippen LogP contribution in [0.15, 0.2) is 60.9 Å². The number of nitrogens with zero attached hydrogens (tertiary/aromatic N) is 4. The average molecular weight is 407 g/mol. The summed E-state index contributed by atoms with van der Waals surface area (Å²) >= 11 is 6.14. The molecule has 0 aliphatic heterocycles. The highest BCUT2D eigenvalue weighted by Crippen LogP contribution is 2.33. The number of methoxy groups -OCH3 is 1. The van der Waals surface area contributed by atoms with Crippen LogP contribution in [0.5, 0.6) is 5.75 Å². The quantitative estimate of drug-likeness (QED) is 0.502. The molecule has 2 heterocycles. The van der Waals surface area contributed by atoms with E-state index in [2.05, 4.69) is 20.4 Å². The second kappa shape index (κ2) is 7.81. The number of hydrogen-bond donors (Lipinski definition) is 2. The normalized spacial score (nSPS) is 10.7. The Hall–Kier alpha value is -3.58. The van der Waals surface area contributed by atoms with Crippen LogP contribution in [-0.2, 0) is 0 Å². The van der Waals surface area contributed by atoms with Gasteiger partial charge < -0.3 is 15.8 Å². The predicted octanol–water partition coefficient (Wildman–Crippen LogP) is 4.63. The minimum atomic E-state index is 0.402. The van der Waals surface area contributed by atoms with Crippen LogP contribution in [0.4, 0.5) is 17.5 Å². The molecule has 0 amide bonds. The molecule has 146 valence electrons. The molecule has 0 spiro atoms. The molecule has 0 saturated heterocycles. The third kappa shape index (κ3) is 3.86. The van der Waals surface area contributed by atoms with Gasteiger partial charge in [-0.3, -0.25) is 0 Å². The molecule has 2 aromatic heterocycles. The monoisotopic (exact) mass is 406 g/mol. The highest BCUT2D eigenvalue weighted by molar-refractivity contribution is 6.32. The van der Waals surface area contributed by atoms with E-state index >= 15 is 0 Å². The van der Waals surface area contributed by atoms with Gasteiger partial charge in [0.15, 0.2) is 0 Å². The van der Waals surface area contributed by atoms with Crippen LogP contribution in [0.3, 0.4) is 0 Å². The lowest BCUT2D eigenvalue weighted by atomic mass is 10.1. The van der Waals surface area contributed by atoms with Crippen LogP contribution in [-0.4, -0.2) is 26.9 Å². The Kier molecular flexibility index (Phi) is 5.05. The third-order valence-corrected chi connectivity index (χ3v) is 4.81. The molecule has 8 heteroatoms. The molecule has 0 saturated carbocycles. The fourth-order valence-corrected chi connectivity index (χ4v) is 3.12. The van der Waals surface area contributed by atoms with E-state index in [-0.39, 0.29) is 0 Å². The van der Waals surface area contributed by atoms with E-state index in [4.69, 9.17) is 22.1 Å². The third-order valence-electron chi connectivity index (χ3n) is 4.50. The van der Waals surface area contributed by atoms with Crippen molar-refractivity contribution in [2.75, 3.05) is 18.2 Å². The molecule has 7 nitrogen and oxygen atoms in total. The average Bonchev–Trinajstić information content (AvgIpc) is 3.26. The summed E-state index contributed by atoms with van der Waals surface area (Å²) in [5.74, 6) is 1.38. The maximum Gasteiger partial charge on any atom is 0.229 e. The number of benzene rings is 2. The number of anilines is 3. The number of aromatic nitrogens is 4. The van der Waals surface area contributed by atoms with Gasteiger partial charge in [-0.2, -0.15) is 10.1 Å². The topological polar surface area (TPSA) is 90.9 Å². The summed E-state index contributed by atoms with van der Waals surface area (Å²) in [6, 6.07) is 15.1. The van der Waals surface area contributed by atoms with E-state index in [1.807, 2.05) is 55.6 Å². The molecule has 0 bridgehead atoms. The van der Waals surface area contributed by atoms with E-state index in [9.17, 15) is 0 Å². The number of ether oxygens (including phenoxy) is 1. The Morgan fingerprint density at radius 1 is 1.10 bits per heavy atom. The van der Waals surface area contributed by atoms with Crippen molar-refractivity contribution in [3.8, 4) is 22.7 Å². The summed E-state index contributed by atoms with van der Waals surface area (Å²) in [5, 5.41) is 7.96. The first-order valence-corrected chi connectivity index (χ1v) is 9.28. The van der Waals surface area contributed by atoms with E-state index in [1.54, 1.807) is 24.1 Å². The van der Waals surface area contributed by atoms with Crippen LogP contribution in [0.2, 0.25) is 5.02 Å². The number of halogens is 1. The molecule has 2 aromatic carbocycles. The molecule has 29 heavy (non-hydrogen) atoms. The number of nitrogens with two attached hydrogens (primary N) is 1. The van der Waals surface area contributed by atoms with E-state index in [0.717, 1.165) is 22.5 Å². The van der Waals surface area contributed by atoms with Crippen LogP contribution < -0.4 is 15.8 Å². The van der Waals surface area contributed by atoms with Gasteiger partial charge in [0.1, 0.15) is 11.6 Å². The van der Waals surface area contributed by atoms with Crippen LogP contribution in [0.1, 0.15) is 5.56 Å². The van der Waals surface area contributed by atoms with Crippen LogP contribution in [0, 0.1) is 6.92 Å². The zero-order valence-corrected chi connectivity index (χ0v) is 16.7. The van der Waals surface area contributed by atoms with Crippen molar-refractivity contribution in [1.82, 2.24) is 19.7 Å². The van der Waals surface area contributed by atoms with Gasteiger partial charge in [-0.05, 0) is 49.4 Å². The van der Waals surface area contributed by atoms with Gasteiger partial charge in [0.25, 0.3) is 0 Å². The lowest BCUT2D eigenvalue weighted by Crippen LogP contribution is -2.05. The minimum Gasteiger partial charge on any atom is -0.495 e. The Labute approximate surface area is 173 Å². The first-order chi connectivity index (χ1) is 14.0. The molecule has 0 unspecified atom stereocenters. The number of nitrogens with one attached hydrogen (secondary N) is 1. The fraction of sp³-hybridized carbons (Fsp3) is 0.0952. The second-order valence-electron chi connectivity index (χ2n) is 6.38. The summed E-state index contributed by atoms with van der Waals surface area (Å²) in [7, 11) is 1.58. The smallest absolute Gasteiger partial charge is 0.229 e. The maximum atomic E-state index is 6.14. The van der Waals surface area contributed by atoms with Crippen molar-refractivity contribution in [2.45, 2.75) is 6.92 Å². The van der Waals surface area contributed by atoms with Gasteiger partial charge in [0, 0.05) is 29.2 Å². The van der Waals surface area contributed by atoms with Crippen molar-refractivity contribution >= 4 is 29.1 Å². The van der Waals surface area contributed by atoms with Gasteiger partial charge in [0.05, 0.1) is 23.5 Å². The number of nitrogen functional groups attached to an aromatic ring is 1. The summed E-state index contributed by atoms with van der Waals surface area (Å²) in [6.45, 7) is 1.88. The first kappa shape index (κ1) is 18.8. The van der Waals surface area contributed by atoms with Crippen molar-refractivity contribution in [3.63, 3.8) is 0 Å². The summed E-state index contributed by atoms with van der Waals surface area (Å²) in [5.41, 5.74) is 10.3. The highest BCUT2D eigenvalue weighted by atomic mass is 35.5. The molecular weight excluding hydrogens is 388 g/mol. The molecule has 4 rings (SSSR count). The maximum absolute atomic E-state index is 6.14. The standard InChI is InChI=1S/C21H19ClN6O/c1-13-19(14-4-9-17(22)18(12-14)29-2)26-21(27-20(13)23)25-15-5-7-16(8-6-15)28-11-3-10-24-28/h3-12H,1-2H3,(H3,23,25,26,27). The lowest BCUT2D eigenvalue weighted by molar-refractivity contribution is 0.415. The molecular formula is C21H19ClN6O. The molecule has 3 N–H and O–H groups in total. The summed E-state index contributed by atoms with van der Waals surface area (Å²) in [6.07, 6.45) is 3.63. The Balaban J connectivity index is 1.65. The molecule has 0 aliphatic rings. The van der Waals surface area contributed by atoms with Gasteiger partial charge in [0.2, 0.25) is 5.95 Å². The van der Waals surface area contributed by atoms with Gasteiger partial charge in [-0.25, -0.2) is 9.67 Å². The second-order valence-corrected chi connectivity index (χ2v) is 6.79. The summed E-state index contributed by atoms with van der Waals surface area (Å²) in [4.78, 5) is 9.02. The van der Waals surface area contributed by atoms with E-state index < -0.39 is 0 Å². The minimum absolute atomic E-state index is 0.402. The van der Waals surface area contributed by atoms with Crippen LogP contribution >= 0.6 is 11.6 Å². The van der Waals surface area contributed by atoms with Crippen LogP contribution in [0.25, 0.3) is 16.9 Å². The lowest BCUT2D eigenvalue weighted by Gasteiger charge is -2.13. The summed E-state index contributed by atoms with van der Waals surface area (Å²) < 4.78 is 7.10. The van der Waals surface area contributed by atoms with E-state index in [1.165, 1.54) is 0 Å².